The van der Waals surface area contributed by atoms with E-state index in [1.54, 1.807) is 6.92 Å². The number of nitrogens with zero attached hydrogens (tertiary/aromatic N) is 3. The van der Waals surface area contributed by atoms with Crippen LogP contribution in [0.2, 0.25) is 0 Å². The lowest BCUT2D eigenvalue weighted by Gasteiger charge is -2.41. The van der Waals surface area contributed by atoms with E-state index in [4.69, 9.17) is 14.1 Å². The van der Waals surface area contributed by atoms with Crippen molar-refractivity contribution in [2.45, 2.75) is 52.2 Å². The zero-order valence-corrected chi connectivity index (χ0v) is 17.3. The molecule has 1 aromatic heterocycles. The zero-order chi connectivity index (χ0) is 19.2. The molecule has 0 radical (unpaired) electrons. The van der Waals surface area contributed by atoms with Crippen molar-refractivity contribution in [3.8, 4) is 5.88 Å². The van der Waals surface area contributed by atoms with E-state index >= 15 is 0 Å². The minimum absolute atomic E-state index is 0.399. The van der Waals surface area contributed by atoms with Gasteiger partial charge in [0.05, 0.1) is 31.9 Å². The Morgan fingerprint density at radius 2 is 2.12 bits per heavy atom. The van der Waals surface area contributed by atoms with Crippen molar-refractivity contribution in [2.24, 2.45) is 5.14 Å². The molecule has 0 amide bonds. The Labute approximate surface area is 160 Å². The van der Waals surface area contributed by atoms with Crippen LogP contribution in [0.5, 0.6) is 5.88 Å². The number of hydrogen-bond donors (Lipinski definition) is 1. The van der Waals surface area contributed by atoms with Crippen LogP contribution < -0.4 is 9.88 Å². The second-order valence-corrected chi connectivity index (χ2v) is 8.60. The van der Waals surface area contributed by atoms with Crippen LogP contribution in [0.25, 0.3) is 5.57 Å². The third kappa shape index (κ3) is 5.98. The summed E-state index contributed by atoms with van der Waals surface area (Å²) in [5.74, 6) is 0.561. The second-order valence-electron chi connectivity index (χ2n) is 6.89. The molecule has 0 fully saturated rings. The average Bonchev–Trinajstić information content (AvgIpc) is 3.01. The summed E-state index contributed by atoms with van der Waals surface area (Å²) in [6, 6.07) is 0. The number of ether oxygens (including phenoxy) is 1. The smallest absolute Gasteiger partial charge is 0.338 e. The molecule has 0 saturated carbocycles. The lowest BCUT2D eigenvalue weighted by molar-refractivity contribution is -0.943. The Bertz CT molecular complexity index is 720. The van der Waals surface area contributed by atoms with Gasteiger partial charge < -0.3 is 4.74 Å². The Hall–Kier alpha value is -1.07. The lowest BCUT2D eigenvalue weighted by atomic mass is 10.0. The van der Waals surface area contributed by atoms with Gasteiger partial charge in [0.25, 0.3) is 5.88 Å². The quantitative estimate of drug-likeness (QED) is 0.473. The van der Waals surface area contributed by atoms with Crippen molar-refractivity contribution in [1.29, 1.82) is 0 Å². The molecule has 26 heavy (non-hydrogen) atoms. The molecule has 148 valence electrons. The van der Waals surface area contributed by atoms with Crippen LogP contribution in [0.1, 0.15) is 51.6 Å². The van der Waals surface area contributed by atoms with Crippen LogP contribution in [0.15, 0.2) is 6.08 Å². The number of hydrogen-bond acceptors (Lipinski definition) is 7. The van der Waals surface area contributed by atoms with Gasteiger partial charge >= 0.3 is 10.3 Å². The maximum absolute atomic E-state index is 11.3. The van der Waals surface area contributed by atoms with Gasteiger partial charge in [-0.3, -0.25) is 4.48 Å². The molecule has 2 rings (SSSR count). The molecule has 2 N–H and O–H groups in total. The largest absolute Gasteiger partial charge is 0.475 e. The van der Waals surface area contributed by atoms with E-state index in [2.05, 4.69) is 21.7 Å². The highest BCUT2D eigenvalue weighted by Crippen LogP contribution is 2.31. The summed E-state index contributed by atoms with van der Waals surface area (Å²) in [7, 11) is -2.04. The van der Waals surface area contributed by atoms with Crippen LogP contribution in [0.3, 0.4) is 0 Å². The van der Waals surface area contributed by atoms with E-state index in [0.717, 1.165) is 48.8 Å². The predicted molar refractivity (Wildman–Crippen MR) is 102 cm³/mol. The summed E-state index contributed by atoms with van der Waals surface area (Å²) in [6.07, 6.45) is 6.85. The van der Waals surface area contributed by atoms with Crippen molar-refractivity contribution < 1.29 is 21.8 Å². The van der Waals surface area contributed by atoms with Gasteiger partial charge in [0, 0.05) is 18.9 Å². The molecule has 0 bridgehead atoms. The van der Waals surface area contributed by atoms with Crippen molar-refractivity contribution in [3.05, 3.63) is 11.8 Å². The highest BCUT2D eigenvalue weighted by molar-refractivity contribution is 7.84. The number of aromatic nitrogens is 2. The second kappa shape index (κ2) is 9.23. The lowest BCUT2D eigenvalue weighted by Crippen LogP contribution is -2.55. The topological polar surface area (TPSA) is 104 Å². The maximum Gasteiger partial charge on any atom is 0.338 e. The number of likely N-dealkylation sites (N-methyl/N-ethyl adjacent to an activating group) is 1. The van der Waals surface area contributed by atoms with Gasteiger partial charge in [0.1, 0.15) is 12.2 Å². The van der Waals surface area contributed by atoms with E-state index in [1.807, 2.05) is 7.05 Å². The van der Waals surface area contributed by atoms with Crippen LogP contribution in [-0.4, -0.2) is 54.6 Å². The van der Waals surface area contributed by atoms with Gasteiger partial charge in [-0.1, -0.05) is 32.3 Å². The van der Waals surface area contributed by atoms with E-state index in [1.165, 1.54) is 12.8 Å². The highest BCUT2D eigenvalue weighted by Gasteiger charge is 2.37. The summed E-state index contributed by atoms with van der Waals surface area (Å²) >= 11 is 1.13. The van der Waals surface area contributed by atoms with Crippen molar-refractivity contribution in [1.82, 2.24) is 8.75 Å². The molecule has 0 aliphatic carbocycles. The normalized spacial score (nSPS) is 22.1. The van der Waals surface area contributed by atoms with Crippen LogP contribution >= 0.6 is 11.7 Å². The monoisotopic (exact) mass is 405 g/mol. The fourth-order valence-corrected chi connectivity index (χ4v) is 4.14. The summed E-state index contributed by atoms with van der Waals surface area (Å²) in [4.78, 5) is 0. The van der Waals surface area contributed by atoms with Crippen molar-refractivity contribution in [2.75, 3.05) is 26.7 Å². The Balaban J connectivity index is 2.03. The maximum atomic E-state index is 11.3. The molecule has 2 atom stereocenters. The molecule has 1 aromatic rings. The van der Waals surface area contributed by atoms with E-state index in [-0.39, 0.29) is 0 Å². The summed E-state index contributed by atoms with van der Waals surface area (Å²) < 4.78 is 42.5. The minimum atomic E-state index is -4.00. The highest BCUT2D eigenvalue weighted by atomic mass is 32.2. The Morgan fingerprint density at radius 3 is 2.81 bits per heavy atom. The van der Waals surface area contributed by atoms with E-state index in [0.29, 0.717) is 23.5 Å². The fourth-order valence-electron chi connectivity index (χ4n) is 3.02. The SMILES string of the molecule is CCCCCCOc1nsnc1C1=CCC[N+](C)([C@H](C)OS(N)(=O)=O)C1. The molecule has 0 saturated heterocycles. The Morgan fingerprint density at radius 1 is 1.35 bits per heavy atom. The third-order valence-electron chi connectivity index (χ3n) is 4.71. The van der Waals surface area contributed by atoms with Gasteiger partial charge in [-0.2, -0.15) is 12.8 Å². The molecular formula is C16H29N4O4S2+. The molecule has 0 aromatic carbocycles. The van der Waals surface area contributed by atoms with Crippen LogP contribution in [0, 0.1) is 0 Å². The van der Waals surface area contributed by atoms with E-state index < -0.39 is 16.5 Å². The van der Waals surface area contributed by atoms with Gasteiger partial charge in [-0.15, -0.1) is 4.37 Å². The van der Waals surface area contributed by atoms with Gasteiger partial charge in [0.15, 0.2) is 0 Å². The third-order valence-corrected chi connectivity index (χ3v) is 5.77. The molecule has 2 heterocycles. The average molecular weight is 406 g/mol. The van der Waals surface area contributed by atoms with Crippen molar-refractivity contribution in [3.63, 3.8) is 0 Å². The first-order chi connectivity index (χ1) is 12.2. The van der Waals surface area contributed by atoms with Crippen molar-refractivity contribution >= 4 is 27.6 Å². The van der Waals surface area contributed by atoms with Gasteiger partial charge in [-0.05, 0) is 6.42 Å². The van der Waals surface area contributed by atoms with Crippen LogP contribution in [-0.2, 0) is 14.5 Å². The number of rotatable bonds is 10. The molecular weight excluding hydrogens is 376 g/mol. The molecule has 1 aliphatic heterocycles. The summed E-state index contributed by atoms with van der Waals surface area (Å²) in [5.41, 5.74) is 1.75. The molecule has 8 nitrogen and oxygen atoms in total. The first-order valence-corrected chi connectivity index (χ1v) is 11.2. The van der Waals surface area contributed by atoms with Gasteiger partial charge in [0.2, 0.25) is 6.23 Å². The number of nitrogens with two attached hydrogens (primary N) is 1. The van der Waals surface area contributed by atoms with Crippen LogP contribution in [0.4, 0.5) is 0 Å². The summed E-state index contributed by atoms with van der Waals surface area (Å²) in [6.45, 7) is 5.86. The molecule has 1 aliphatic rings. The standard InChI is InChI=1S/C16H29N4O4S2/c1-4-5-6-7-11-23-16-15(18-25-19-16)14-9-8-10-20(3,12-14)13(2)24-26(17,21)22/h9,13H,4-8,10-12H2,1-3H3,(H2,17,21,22)/q+1/t13-,20?/m0/s1. The Kier molecular flexibility index (Phi) is 7.53. The van der Waals surface area contributed by atoms with Gasteiger partial charge in [-0.25, -0.2) is 9.32 Å². The molecule has 1 unspecified atom stereocenters. The number of quaternary nitrogens is 1. The van der Waals surface area contributed by atoms with E-state index in [9.17, 15) is 8.42 Å². The predicted octanol–water partition coefficient (Wildman–Crippen LogP) is 2.30. The number of unbranched alkanes of at least 4 members (excludes halogenated alkanes) is 3. The fraction of sp³-hybridized carbons (Fsp3) is 0.750. The summed E-state index contributed by atoms with van der Waals surface area (Å²) in [5, 5.41) is 5.03. The zero-order valence-electron chi connectivity index (χ0n) is 15.7. The first kappa shape index (κ1) is 21.2. The first-order valence-electron chi connectivity index (χ1n) is 8.95. The molecule has 10 heteroatoms. The minimum Gasteiger partial charge on any atom is -0.475 e. The molecule has 0 spiro atoms.